The lowest BCUT2D eigenvalue weighted by Crippen LogP contribution is -2.43. The van der Waals surface area contributed by atoms with Gasteiger partial charge in [-0.1, -0.05) is 31.2 Å². The molecule has 7 nitrogen and oxygen atoms in total. The van der Waals surface area contributed by atoms with Crippen molar-refractivity contribution in [2.75, 3.05) is 20.3 Å². The first kappa shape index (κ1) is 21.1. The molecule has 0 aliphatic carbocycles. The van der Waals surface area contributed by atoms with Gasteiger partial charge in [-0.15, -0.1) is 0 Å². The Morgan fingerprint density at radius 1 is 1.07 bits per heavy atom. The standard InChI is InChI=1S/C23H23NO6/c1-3-12-30-20-14-15(8-9-19(20)29-2)13-18-16-6-4-5-7-17(16)22(27)24(23(18)28)11-10-21(25)26/h4-9,13-14H,3,10-12H2,1-2H3,(H,25,26)/p-1/b18-13-. The molecule has 1 heterocycles. The molecule has 2 amide bonds. The SMILES string of the molecule is CCCOc1cc(/C=C2\C(=O)N(CCC(=O)[O-])C(=O)c3ccccc32)ccc1OC. The normalized spacial score (nSPS) is 14.6. The van der Waals surface area contributed by atoms with Gasteiger partial charge in [0.1, 0.15) is 0 Å². The molecule has 2 aromatic carbocycles. The zero-order valence-electron chi connectivity index (χ0n) is 16.8. The first-order valence-electron chi connectivity index (χ1n) is 9.64. The minimum atomic E-state index is -1.33. The Kier molecular flexibility index (Phi) is 6.51. The van der Waals surface area contributed by atoms with E-state index < -0.39 is 24.2 Å². The van der Waals surface area contributed by atoms with Gasteiger partial charge in [0.15, 0.2) is 11.5 Å². The van der Waals surface area contributed by atoms with Gasteiger partial charge >= 0.3 is 0 Å². The highest BCUT2D eigenvalue weighted by Crippen LogP contribution is 2.33. The number of ether oxygens (including phenoxy) is 2. The van der Waals surface area contributed by atoms with Crippen molar-refractivity contribution in [3.05, 3.63) is 59.2 Å². The predicted octanol–water partition coefficient (Wildman–Crippen LogP) is 2.15. The van der Waals surface area contributed by atoms with Crippen molar-refractivity contribution < 1.29 is 29.0 Å². The highest BCUT2D eigenvalue weighted by Gasteiger charge is 2.34. The molecule has 156 valence electrons. The van der Waals surface area contributed by atoms with Crippen LogP contribution in [0.5, 0.6) is 11.5 Å². The van der Waals surface area contributed by atoms with Gasteiger partial charge in [-0.3, -0.25) is 14.5 Å². The molecule has 3 rings (SSSR count). The molecule has 2 aromatic rings. The Morgan fingerprint density at radius 2 is 1.80 bits per heavy atom. The maximum atomic E-state index is 13.1. The van der Waals surface area contributed by atoms with Crippen LogP contribution in [-0.4, -0.2) is 42.9 Å². The summed E-state index contributed by atoms with van der Waals surface area (Å²) in [7, 11) is 1.55. The van der Waals surface area contributed by atoms with E-state index in [1.807, 2.05) is 6.92 Å². The molecule has 0 bridgehead atoms. The molecule has 0 saturated heterocycles. The maximum absolute atomic E-state index is 13.1. The van der Waals surface area contributed by atoms with Crippen LogP contribution in [0.25, 0.3) is 11.6 Å². The Labute approximate surface area is 174 Å². The van der Waals surface area contributed by atoms with Gasteiger partial charge in [0.25, 0.3) is 11.8 Å². The second-order valence-corrected chi connectivity index (χ2v) is 6.75. The third-order valence-electron chi connectivity index (χ3n) is 4.67. The summed E-state index contributed by atoms with van der Waals surface area (Å²) < 4.78 is 11.1. The molecule has 0 atom stereocenters. The lowest BCUT2D eigenvalue weighted by molar-refractivity contribution is -0.305. The summed E-state index contributed by atoms with van der Waals surface area (Å²) in [5, 5.41) is 10.9. The zero-order valence-corrected chi connectivity index (χ0v) is 16.8. The van der Waals surface area contributed by atoms with Gasteiger partial charge in [-0.2, -0.15) is 0 Å². The summed E-state index contributed by atoms with van der Waals surface area (Å²) >= 11 is 0. The third kappa shape index (κ3) is 4.35. The number of carbonyl (C=O) groups excluding carboxylic acids is 3. The molecule has 30 heavy (non-hydrogen) atoms. The van der Waals surface area contributed by atoms with Crippen LogP contribution >= 0.6 is 0 Å². The maximum Gasteiger partial charge on any atom is 0.261 e. The van der Waals surface area contributed by atoms with Gasteiger partial charge < -0.3 is 19.4 Å². The van der Waals surface area contributed by atoms with Crippen LogP contribution in [0.4, 0.5) is 0 Å². The molecule has 1 aliphatic rings. The molecular formula is C23H22NO6-. The fourth-order valence-corrected chi connectivity index (χ4v) is 3.22. The minimum absolute atomic E-state index is 0.251. The number of methoxy groups -OCH3 is 1. The number of amides is 2. The Morgan fingerprint density at radius 3 is 2.47 bits per heavy atom. The number of aliphatic carboxylic acids is 1. The molecule has 0 spiro atoms. The molecule has 0 radical (unpaired) electrons. The van der Waals surface area contributed by atoms with Crippen LogP contribution in [0.3, 0.4) is 0 Å². The molecule has 0 N–H and O–H groups in total. The van der Waals surface area contributed by atoms with Crippen LogP contribution in [0.1, 0.15) is 41.3 Å². The lowest BCUT2D eigenvalue weighted by atomic mass is 9.92. The number of nitrogens with zero attached hydrogens (tertiary/aromatic N) is 1. The van der Waals surface area contributed by atoms with Crippen molar-refractivity contribution in [2.24, 2.45) is 0 Å². The Hall–Kier alpha value is -3.61. The summed E-state index contributed by atoms with van der Waals surface area (Å²) in [6.45, 7) is 2.26. The summed E-state index contributed by atoms with van der Waals surface area (Å²) in [5.41, 5.74) is 1.84. The third-order valence-corrected chi connectivity index (χ3v) is 4.67. The number of carboxylic acid groups (broad SMARTS) is 1. The molecule has 0 aromatic heterocycles. The van der Waals surface area contributed by atoms with E-state index >= 15 is 0 Å². The van der Waals surface area contributed by atoms with E-state index in [1.54, 1.807) is 55.7 Å². The fourth-order valence-electron chi connectivity index (χ4n) is 3.22. The summed E-state index contributed by atoms with van der Waals surface area (Å²) in [4.78, 5) is 37.6. The molecule has 1 aliphatic heterocycles. The topological polar surface area (TPSA) is 96.0 Å². The second-order valence-electron chi connectivity index (χ2n) is 6.75. The smallest absolute Gasteiger partial charge is 0.261 e. The first-order chi connectivity index (χ1) is 14.5. The highest BCUT2D eigenvalue weighted by atomic mass is 16.5. The molecule has 0 unspecified atom stereocenters. The number of carboxylic acids is 1. The van der Waals surface area contributed by atoms with Crippen LogP contribution in [-0.2, 0) is 9.59 Å². The highest BCUT2D eigenvalue weighted by molar-refractivity contribution is 6.33. The van der Waals surface area contributed by atoms with E-state index in [9.17, 15) is 19.5 Å². The van der Waals surface area contributed by atoms with Crippen LogP contribution in [0, 0.1) is 0 Å². The first-order valence-corrected chi connectivity index (χ1v) is 9.64. The molecule has 7 heteroatoms. The number of carbonyl (C=O) groups is 3. The van der Waals surface area contributed by atoms with E-state index in [0.29, 0.717) is 40.4 Å². The van der Waals surface area contributed by atoms with Crippen LogP contribution in [0.2, 0.25) is 0 Å². The minimum Gasteiger partial charge on any atom is -0.550 e. The average Bonchev–Trinajstić information content (AvgIpc) is 2.75. The summed E-state index contributed by atoms with van der Waals surface area (Å²) in [5.74, 6) is -1.27. The van der Waals surface area contributed by atoms with Crippen molar-refractivity contribution in [3.63, 3.8) is 0 Å². The van der Waals surface area contributed by atoms with Gasteiger partial charge in [0, 0.05) is 30.1 Å². The molecule has 0 fully saturated rings. The average molecular weight is 408 g/mol. The van der Waals surface area contributed by atoms with Crippen molar-refractivity contribution in [2.45, 2.75) is 19.8 Å². The summed E-state index contributed by atoms with van der Waals surface area (Å²) in [6.07, 6.45) is 2.07. The number of fused-ring (bicyclic) bond motifs is 1. The Balaban J connectivity index is 2.05. The number of hydrogen-bond donors (Lipinski definition) is 0. The van der Waals surface area contributed by atoms with Gasteiger partial charge in [0.05, 0.1) is 13.7 Å². The Bertz CT molecular complexity index is 1010. The van der Waals surface area contributed by atoms with E-state index in [4.69, 9.17) is 9.47 Å². The van der Waals surface area contributed by atoms with E-state index in [2.05, 4.69) is 0 Å². The zero-order chi connectivity index (χ0) is 21.7. The molecule has 0 saturated carbocycles. The van der Waals surface area contributed by atoms with E-state index in [0.717, 1.165) is 11.3 Å². The van der Waals surface area contributed by atoms with Crippen molar-refractivity contribution in [1.29, 1.82) is 0 Å². The van der Waals surface area contributed by atoms with Gasteiger partial charge in [-0.05, 0) is 41.8 Å². The van der Waals surface area contributed by atoms with Crippen LogP contribution in [0.15, 0.2) is 42.5 Å². The largest absolute Gasteiger partial charge is 0.550 e. The quantitative estimate of drug-likeness (QED) is 0.491. The second kappa shape index (κ2) is 9.26. The van der Waals surface area contributed by atoms with Crippen molar-refractivity contribution in [1.82, 2.24) is 4.90 Å². The predicted molar refractivity (Wildman–Crippen MR) is 109 cm³/mol. The van der Waals surface area contributed by atoms with Gasteiger partial charge in [-0.25, -0.2) is 0 Å². The van der Waals surface area contributed by atoms with E-state index in [-0.39, 0.29) is 6.54 Å². The van der Waals surface area contributed by atoms with E-state index in [1.165, 1.54) is 0 Å². The number of hydrogen-bond acceptors (Lipinski definition) is 6. The summed E-state index contributed by atoms with van der Waals surface area (Å²) in [6, 6.07) is 12.1. The van der Waals surface area contributed by atoms with Crippen molar-refractivity contribution in [3.8, 4) is 11.5 Å². The monoisotopic (exact) mass is 408 g/mol. The van der Waals surface area contributed by atoms with Crippen LogP contribution < -0.4 is 14.6 Å². The number of imide groups is 1. The number of benzene rings is 2. The van der Waals surface area contributed by atoms with Crippen molar-refractivity contribution >= 4 is 29.4 Å². The molecular weight excluding hydrogens is 386 g/mol. The van der Waals surface area contributed by atoms with Gasteiger partial charge in [0.2, 0.25) is 0 Å². The fraction of sp³-hybridized carbons (Fsp3) is 0.261. The lowest BCUT2D eigenvalue weighted by Gasteiger charge is -2.28. The number of rotatable bonds is 8.